The highest BCUT2D eigenvalue weighted by atomic mass is 32.1. The Labute approximate surface area is 125 Å². The van der Waals surface area contributed by atoms with Crippen LogP contribution in [-0.4, -0.2) is 29.8 Å². The van der Waals surface area contributed by atoms with Crippen LogP contribution >= 0.6 is 11.3 Å². The van der Waals surface area contributed by atoms with Crippen LogP contribution in [-0.2, 0) is 16.1 Å². The number of amides is 2. The summed E-state index contributed by atoms with van der Waals surface area (Å²) >= 11 is 1.69. The van der Waals surface area contributed by atoms with Crippen LogP contribution in [0.4, 0.5) is 0 Å². The Balaban J connectivity index is 2.18. The Morgan fingerprint density at radius 2 is 2.10 bits per heavy atom. The molecular formula is C15H24N2O2S. The molecule has 0 saturated carbocycles. The van der Waals surface area contributed by atoms with E-state index in [4.69, 9.17) is 0 Å². The molecule has 5 heteroatoms. The molecular weight excluding hydrogens is 272 g/mol. The monoisotopic (exact) mass is 296 g/mol. The van der Waals surface area contributed by atoms with Crippen molar-refractivity contribution in [1.29, 1.82) is 0 Å². The van der Waals surface area contributed by atoms with E-state index < -0.39 is 0 Å². The molecule has 0 radical (unpaired) electrons. The Morgan fingerprint density at radius 1 is 1.30 bits per heavy atom. The fraction of sp³-hybridized carbons (Fsp3) is 0.600. The van der Waals surface area contributed by atoms with E-state index in [9.17, 15) is 9.59 Å². The van der Waals surface area contributed by atoms with Gasteiger partial charge in [-0.05, 0) is 31.2 Å². The molecule has 1 heterocycles. The zero-order valence-electron chi connectivity index (χ0n) is 12.4. The molecule has 0 aliphatic carbocycles. The highest BCUT2D eigenvalue weighted by Gasteiger charge is 2.11. The number of thiophene rings is 1. The number of hydrogen-bond acceptors (Lipinski definition) is 3. The van der Waals surface area contributed by atoms with Gasteiger partial charge >= 0.3 is 0 Å². The van der Waals surface area contributed by atoms with Gasteiger partial charge in [-0.3, -0.25) is 9.59 Å². The maximum atomic E-state index is 12.1. The average molecular weight is 296 g/mol. The van der Waals surface area contributed by atoms with Crippen LogP contribution in [0, 0.1) is 0 Å². The summed E-state index contributed by atoms with van der Waals surface area (Å²) in [5.41, 5.74) is 0. The highest BCUT2D eigenvalue weighted by molar-refractivity contribution is 7.09. The lowest BCUT2D eigenvalue weighted by Crippen LogP contribution is -2.29. The van der Waals surface area contributed by atoms with Gasteiger partial charge in [-0.15, -0.1) is 11.3 Å². The van der Waals surface area contributed by atoms with Gasteiger partial charge < -0.3 is 10.2 Å². The summed E-state index contributed by atoms with van der Waals surface area (Å²) in [6.45, 7) is 5.72. The van der Waals surface area contributed by atoms with Crippen molar-refractivity contribution in [3.63, 3.8) is 0 Å². The molecule has 1 aromatic heterocycles. The third-order valence-corrected chi connectivity index (χ3v) is 3.96. The number of unbranched alkanes of at least 4 members (excludes halogenated alkanes) is 2. The minimum absolute atomic E-state index is 0.00850. The van der Waals surface area contributed by atoms with Crippen molar-refractivity contribution in [2.24, 2.45) is 0 Å². The molecule has 0 unspecified atom stereocenters. The maximum absolute atomic E-state index is 12.1. The number of carbonyl (C=O) groups excluding carboxylic acids is 2. The molecule has 0 spiro atoms. The van der Waals surface area contributed by atoms with E-state index in [1.54, 1.807) is 11.3 Å². The summed E-state index contributed by atoms with van der Waals surface area (Å²) in [6.07, 6.45) is 3.39. The number of nitrogens with zero attached hydrogens (tertiary/aromatic N) is 1. The highest BCUT2D eigenvalue weighted by Crippen LogP contribution is 2.13. The fourth-order valence-corrected chi connectivity index (χ4v) is 2.69. The van der Waals surface area contributed by atoms with Crippen LogP contribution in [0.15, 0.2) is 17.5 Å². The molecule has 1 aromatic rings. The predicted molar refractivity (Wildman–Crippen MR) is 82.6 cm³/mol. The molecule has 0 atom stereocenters. The summed E-state index contributed by atoms with van der Waals surface area (Å²) in [5, 5.41) is 4.80. The SMILES string of the molecule is CCN(Cc1cccs1)C(=O)CCCCCNC(C)=O. The topological polar surface area (TPSA) is 49.4 Å². The van der Waals surface area contributed by atoms with Gasteiger partial charge in [0.15, 0.2) is 0 Å². The largest absolute Gasteiger partial charge is 0.356 e. The van der Waals surface area contributed by atoms with Gasteiger partial charge in [0.05, 0.1) is 6.54 Å². The van der Waals surface area contributed by atoms with Crippen molar-refractivity contribution in [2.45, 2.75) is 46.1 Å². The molecule has 4 nitrogen and oxygen atoms in total. The molecule has 1 N–H and O–H groups in total. The van der Waals surface area contributed by atoms with Gasteiger partial charge in [0.2, 0.25) is 11.8 Å². The third-order valence-electron chi connectivity index (χ3n) is 3.10. The van der Waals surface area contributed by atoms with Crippen LogP contribution < -0.4 is 5.32 Å². The second-order valence-corrected chi connectivity index (χ2v) is 5.81. The first-order valence-corrected chi connectivity index (χ1v) is 8.06. The Morgan fingerprint density at radius 3 is 2.70 bits per heavy atom. The van der Waals surface area contributed by atoms with E-state index in [-0.39, 0.29) is 11.8 Å². The molecule has 1 rings (SSSR count). The van der Waals surface area contributed by atoms with Crippen LogP contribution in [0.5, 0.6) is 0 Å². The number of rotatable bonds is 9. The molecule has 2 amide bonds. The number of hydrogen-bond donors (Lipinski definition) is 1. The maximum Gasteiger partial charge on any atom is 0.222 e. The summed E-state index contributed by atoms with van der Waals surface area (Å²) in [7, 11) is 0. The van der Waals surface area contributed by atoms with Gasteiger partial charge in [-0.25, -0.2) is 0 Å². The zero-order chi connectivity index (χ0) is 14.8. The quantitative estimate of drug-likeness (QED) is 0.712. The predicted octanol–water partition coefficient (Wildman–Crippen LogP) is 2.79. The summed E-state index contributed by atoms with van der Waals surface area (Å²) in [4.78, 5) is 25.9. The minimum Gasteiger partial charge on any atom is -0.356 e. The Kier molecular flexibility index (Phi) is 7.95. The first-order chi connectivity index (χ1) is 9.63. The van der Waals surface area contributed by atoms with Crippen molar-refractivity contribution in [3.8, 4) is 0 Å². The first-order valence-electron chi connectivity index (χ1n) is 7.18. The van der Waals surface area contributed by atoms with Crippen molar-refractivity contribution >= 4 is 23.2 Å². The number of nitrogens with one attached hydrogen (secondary N) is 1. The molecule has 0 fully saturated rings. The van der Waals surface area contributed by atoms with Crippen LogP contribution in [0.3, 0.4) is 0 Å². The van der Waals surface area contributed by atoms with Gasteiger partial charge in [-0.2, -0.15) is 0 Å². The smallest absolute Gasteiger partial charge is 0.222 e. The van der Waals surface area contributed by atoms with Gasteiger partial charge in [0.25, 0.3) is 0 Å². The average Bonchev–Trinajstić information content (AvgIpc) is 2.92. The van der Waals surface area contributed by atoms with E-state index >= 15 is 0 Å². The zero-order valence-corrected chi connectivity index (χ0v) is 13.2. The van der Waals surface area contributed by atoms with Crippen LogP contribution in [0.2, 0.25) is 0 Å². The van der Waals surface area contributed by atoms with Crippen molar-refractivity contribution < 1.29 is 9.59 Å². The molecule has 0 bridgehead atoms. The Hall–Kier alpha value is -1.36. The summed E-state index contributed by atoms with van der Waals surface area (Å²) < 4.78 is 0. The third kappa shape index (κ3) is 6.70. The molecule has 0 aliphatic rings. The van der Waals surface area contributed by atoms with Gasteiger partial charge in [0.1, 0.15) is 0 Å². The number of carbonyl (C=O) groups is 2. The second-order valence-electron chi connectivity index (χ2n) is 4.78. The van der Waals surface area contributed by atoms with Crippen molar-refractivity contribution in [2.75, 3.05) is 13.1 Å². The molecule has 0 aromatic carbocycles. The Bertz CT molecular complexity index is 404. The van der Waals surface area contributed by atoms with E-state index in [0.29, 0.717) is 13.0 Å². The van der Waals surface area contributed by atoms with Gasteiger partial charge in [0, 0.05) is 31.3 Å². The second kappa shape index (κ2) is 9.53. The molecule has 0 aliphatic heterocycles. The molecule has 20 heavy (non-hydrogen) atoms. The fourth-order valence-electron chi connectivity index (χ4n) is 1.97. The van der Waals surface area contributed by atoms with Crippen LogP contribution in [0.25, 0.3) is 0 Å². The van der Waals surface area contributed by atoms with E-state index in [2.05, 4.69) is 11.4 Å². The summed E-state index contributed by atoms with van der Waals surface area (Å²) in [5.74, 6) is 0.231. The van der Waals surface area contributed by atoms with Crippen LogP contribution in [0.1, 0.15) is 44.4 Å². The summed E-state index contributed by atoms with van der Waals surface area (Å²) in [6, 6.07) is 4.08. The standard InChI is InChI=1S/C15H24N2O2S/c1-3-17(12-14-8-7-11-20-14)15(19)9-5-4-6-10-16-13(2)18/h7-8,11H,3-6,9-10,12H2,1-2H3,(H,16,18). The van der Waals surface area contributed by atoms with E-state index in [1.807, 2.05) is 23.3 Å². The first kappa shape index (κ1) is 16.7. The molecule has 0 saturated heterocycles. The lowest BCUT2D eigenvalue weighted by Gasteiger charge is -2.20. The lowest BCUT2D eigenvalue weighted by atomic mass is 10.1. The van der Waals surface area contributed by atoms with Crippen molar-refractivity contribution in [1.82, 2.24) is 10.2 Å². The lowest BCUT2D eigenvalue weighted by molar-refractivity contribution is -0.131. The van der Waals surface area contributed by atoms with Crippen molar-refractivity contribution in [3.05, 3.63) is 22.4 Å². The minimum atomic E-state index is 0.00850. The normalized spacial score (nSPS) is 10.3. The van der Waals surface area contributed by atoms with E-state index in [1.165, 1.54) is 11.8 Å². The van der Waals surface area contributed by atoms with E-state index in [0.717, 1.165) is 32.4 Å². The molecule has 112 valence electrons. The van der Waals surface area contributed by atoms with Gasteiger partial charge in [-0.1, -0.05) is 12.5 Å².